The van der Waals surface area contributed by atoms with E-state index in [1.807, 2.05) is 60.7 Å². The van der Waals surface area contributed by atoms with Crippen molar-refractivity contribution in [1.29, 1.82) is 0 Å². The first kappa shape index (κ1) is 24.2. The van der Waals surface area contributed by atoms with E-state index in [-0.39, 0.29) is 9.79 Å². The first-order valence-corrected chi connectivity index (χ1v) is 13.8. The third-order valence-electron chi connectivity index (χ3n) is 5.02. The van der Waals surface area contributed by atoms with Crippen LogP contribution < -0.4 is 4.74 Å². The molecule has 0 heterocycles. The van der Waals surface area contributed by atoms with E-state index in [0.29, 0.717) is 11.5 Å². The third kappa shape index (κ3) is 6.56. The minimum Gasteiger partial charge on any atom is -0.457 e. The summed E-state index contributed by atoms with van der Waals surface area (Å²) in [7, 11) is -7.21. The fraction of sp³-hybridized carbons (Fsp3) is 0. The van der Waals surface area contributed by atoms with Gasteiger partial charge in [0.05, 0.1) is 9.79 Å². The van der Waals surface area contributed by atoms with Gasteiger partial charge in [0.25, 0.3) is 0 Å². The summed E-state index contributed by atoms with van der Waals surface area (Å²) in [4.78, 5) is 0.285. The summed E-state index contributed by atoms with van der Waals surface area (Å²) in [6.07, 6.45) is 3.09. The first-order valence-electron chi connectivity index (χ1n) is 10.7. The van der Waals surface area contributed by atoms with E-state index in [0.717, 1.165) is 11.1 Å². The number of hydrogen-bond acceptors (Lipinski definition) is 5. The summed E-state index contributed by atoms with van der Waals surface area (Å²) in [6, 6.07) is 30.4. The molecule has 0 saturated heterocycles. The Hall–Kier alpha value is -3.94. The maximum absolute atomic E-state index is 12.6. The summed E-state index contributed by atoms with van der Waals surface area (Å²) in [5.74, 6) is 0.853. The Kier molecular flexibility index (Phi) is 7.29. The van der Waals surface area contributed by atoms with Gasteiger partial charge in [0.1, 0.15) is 11.5 Å². The van der Waals surface area contributed by atoms with Gasteiger partial charge in [0.15, 0.2) is 19.7 Å². The average molecular weight is 503 g/mol. The number of hydrogen-bond donors (Lipinski definition) is 0. The summed E-state index contributed by atoms with van der Waals surface area (Å²) < 4.78 is 56.0. The summed E-state index contributed by atoms with van der Waals surface area (Å²) in [5.41, 5.74) is 1.58. The molecule has 4 rings (SSSR count). The molecule has 0 atom stereocenters. The van der Waals surface area contributed by atoms with E-state index in [9.17, 15) is 16.8 Å². The smallest absolute Gasteiger partial charge is 0.199 e. The van der Waals surface area contributed by atoms with Crippen LogP contribution in [0.15, 0.2) is 130 Å². The van der Waals surface area contributed by atoms with Gasteiger partial charge < -0.3 is 4.74 Å². The van der Waals surface area contributed by atoms with E-state index >= 15 is 0 Å². The monoisotopic (exact) mass is 502 g/mol. The molecule has 0 aliphatic rings. The van der Waals surface area contributed by atoms with Gasteiger partial charge in [-0.15, -0.1) is 0 Å². The molecule has 0 radical (unpaired) electrons. The predicted octanol–water partition coefficient (Wildman–Crippen LogP) is 6.37. The number of benzene rings is 4. The summed E-state index contributed by atoms with van der Waals surface area (Å²) >= 11 is 0. The topological polar surface area (TPSA) is 77.5 Å². The van der Waals surface area contributed by atoms with Gasteiger partial charge in [-0.2, -0.15) is 0 Å². The van der Waals surface area contributed by atoms with Crippen molar-refractivity contribution < 1.29 is 21.6 Å². The molecular formula is C28H22O5S2. The van der Waals surface area contributed by atoms with E-state index in [4.69, 9.17) is 4.74 Å². The van der Waals surface area contributed by atoms with Gasteiger partial charge in [-0.25, -0.2) is 16.8 Å². The molecule has 0 amide bonds. The van der Waals surface area contributed by atoms with Gasteiger partial charge in [0, 0.05) is 10.8 Å². The molecule has 0 unspecified atom stereocenters. The van der Waals surface area contributed by atoms with Crippen LogP contribution in [0, 0.1) is 0 Å². The average Bonchev–Trinajstić information content (AvgIpc) is 2.88. The Balaban J connectivity index is 1.42. The molecule has 7 heteroatoms. The molecule has 0 saturated carbocycles. The minimum atomic E-state index is -3.60. The molecule has 0 bridgehead atoms. The highest BCUT2D eigenvalue weighted by Crippen LogP contribution is 2.25. The van der Waals surface area contributed by atoms with Crippen molar-refractivity contribution in [1.82, 2.24) is 0 Å². The van der Waals surface area contributed by atoms with Gasteiger partial charge >= 0.3 is 0 Å². The highest BCUT2D eigenvalue weighted by molar-refractivity contribution is 7.94. The van der Waals surface area contributed by atoms with Crippen molar-refractivity contribution in [3.8, 4) is 11.5 Å². The van der Waals surface area contributed by atoms with Crippen LogP contribution in [0.1, 0.15) is 11.1 Å². The molecule has 0 fully saturated rings. The molecule has 4 aromatic rings. The zero-order chi connectivity index (χ0) is 24.7. The van der Waals surface area contributed by atoms with Gasteiger partial charge in [0.2, 0.25) is 0 Å². The van der Waals surface area contributed by atoms with Crippen molar-refractivity contribution in [2.45, 2.75) is 9.79 Å². The second kappa shape index (κ2) is 10.5. The second-order valence-corrected chi connectivity index (χ2v) is 11.2. The summed E-state index contributed by atoms with van der Waals surface area (Å²) in [5, 5.41) is 2.34. The van der Waals surface area contributed by atoms with E-state index in [1.165, 1.54) is 35.1 Å². The molecule has 0 aliphatic heterocycles. The van der Waals surface area contributed by atoms with Gasteiger partial charge in [-0.05, 0) is 71.8 Å². The summed E-state index contributed by atoms with van der Waals surface area (Å²) in [6.45, 7) is 0. The molecule has 5 nitrogen and oxygen atoms in total. The molecule has 0 N–H and O–H groups in total. The zero-order valence-electron chi connectivity index (χ0n) is 18.6. The lowest BCUT2D eigenvalue weighted by Gasteiger charge is -2.07. The number of rotatable bonds is 8. The van der Waals surface area contributed by atoms with Crippen molar-refractivity contribution >= 4 is 31.8 Å². The zero-order valence-corrected chi connectivity index (χ0v) is 20.2. The Morgan fingerprint density at radius 3 is 1.14 bits per heavy atom. The fourth-order valence-corrected chi connectivity index (χ4v) is 5.17. The highest BCUT2D eigenvalue weighted by Gasteiger charge is 2.12. The van der Waals surface area contributed by atoms with Crippen LogP contribution in [-0.4, -0.2) is 16.8 Å². The lowest BCUT2D eigenvalue weighted by atomic mass is 10.2. The van der Waals surface area contributed by atoms with Crippen molar-refractivity contribution in [2.24, 2.45) is 0 Å². The molecule has 0 spiro atoms. The maximum Gasteiger partial charge on any atom is 0.199 e. The van der Waals surface area contributed by atoms with Crippen LogP contribution in [0.4, 0.5) is 0 Å². The van der Waals surface area contributed by atoms with Crippen LogP contribution in [0.5, 0.6) is 11.5 Å². The molecule has 0 aromatic heterocycles. The number of ether oxygens (including phenoxy) is 1. The van der Waals surface area contributed by atoms with Crippen molar-refractivity contribution in [3.63, 3.8) is 0 Å². The lowest BCUT2D eigenvalue weighted by Crippen LogP contribution is -1.97. The van der Waals surface area contributed by atoms with Crippen LogP contribution in [0.2, 0.25) is 0 Å². The highest BCUT2D eigenvalue weighted by atomic mass is 32.2. The van der Waals surface area contributed by atoms with E-state index < -0.39 is 19.7 Å². The van der Waals surface area contributed by atoms with Gasteiger partial charge in [-0.1, -0.05) is 60.7 Å². The van der Waals surface area contributed by atoms with E-state index in [2.05, 4.69) is 0 Å². The Bertz CT molecular complexity index is 1420. The van der Waals surface area contributed by atoms with Crippen LogP contribution in [-0.2, 0) is 19.7 Å². The Morgan fingerprint density at radius 1 is 0.457 bits per heavy atom. The molecule has 4 aromatic carbocycles. The largest absolute Gasteiger partial charge is 0.457 e. The van der Waals surface area contributed by atoms with Crippen LogP contribution >= 0.6 is 0 Å². The van der Waals surface area contributed by atoms with E-state index in [1.54, 1.807) is 36.4 Å². The van der Waals surface area contributed by atoms with Crippen molar-refractivity contribution in [3.05, 3.63) is 131 Å². The SMILES string of the molecule is O=S(=O)(/C=C/c1ccccc1)c1ccc(Oc2ccc(S(=O)(=O)/C=C/c3ccccc3)cc2)cc1. The molecule has 176 valence electrons. The Morgan fingerprint density at radius 2 is 0.800 bits per heavy atom. The number of sulfone groups is 2. The predicted molar refractivity (Wildman–Crippen MR) is 138 cm³/mol. The third-order valence-corrected chi connectivity index (χ3v) is 7.87. The standard InChI is InChI=1S/C28H22O5S2/c29-34(30,21-19-23-7-3-1-4-8-23)27-15-11-25(12-16-27)33-26-13-17-28(18-14-26)35(31,32)22-20-24-9-5-2-6-10-24/h1-22H/b21-19+,22-20+. The van der Waals surface area contributed by atoms with Crippen LogP contribution in [0.3, 0.4) is 0 Å². The quantitative estimate of drug-likeness (QED) is 0.280. The molecular weight excluding hydrogens is 480 g/mol. The minimum absolute atomic E-state index is 0.142. The van der Waals surface area contributed by atoms with Crippen molar-refractivity contribution in [2.75, 3.05) is 0 Å². The molecule has 0 aliphatic carbocycles. The normalized spacial score (nSPS) is 12.2. The maximum atomic E-state index is 12.6. The first-order chi connectivity index (χ1) is 16.8. The Labute approximate surface area is 205 Å². The van der Waals surface area contributed by atoms with Crippen LogP contribution in [0.25, 0.3) is 12.2 Å². The fourth-order valence-electron chi connectivity index (χ4n) is 3.15. The molecule has 35 heavy (non-hydrogen) atoms. The van der Waals surface area contributed by atoms with Gasteiger partial charge in [-0.3, -0.25) is 0 Å². The second-order valence-electron chi connectivity index (χ2n) is 7.56. The lowest BCUT2D eigenvalue weighted by molar-refractivity contribution is 0.481.